The normalized spacial score (nSPS) is 40.4. The maximum Gasteiger partial charge on any atom is 0.222 e. The lowest BCUT2D eigenvalue weighted by Crippen LogP contribution is -2.34. The molecule has 1 amide bonds. The van der Waals surface area contributed by atoms with Gasteiger partial charge in [-0.05, 0) is 56.3 Å². The van der Waals surface area contributed by atoms with Gasteiger partial charge in [0.25, 0.3) is 0 Å². The van der Waals surface area contributed by atoms with E-state index in [1.165, 1.54) is 25.7 Å². The molecule has 0 spiro atoms. The fraction of sp³-hybridized carbons (Fsp3) is 0.933. The van der Waals surface area contributed by atoms with E-state index >= 15 is 0 Å². The molecular weight excluding hydrogens is 224 g/mol. The summed E-state index contributed by atoms with van der Waals surface area (Å²) in [7, 11) is 0. The van der Waals surface area contributed by atoms with Gasteiger partial charge in [-0.2, -0.15) is 0 Å². The minimum absolute atomic E-state index is 0.227. The smallest absolute Gasteiger partial charge is 0.222 e. The Morgan fingerprint density at radius 3 is 2.72 bits per heavy atom. The van der Waals surface area contributed by atoms with Gasteiger partial charge in [-0.1, -0.05) is 6.42 Å². The van der Waals surface area contributed by atoms with Crippen LogP contribution in [0.5, 0.6) is 0 Å². The molecule has 102 valence electrons. The number of nitrogens with zero attached hydrogens (tertiary/aromatic N) is 1. The van der Waals surface area contributed by atoms with Crippen molar-refractivity contribution in [1.82, 2.24) is 4.90 Å². The minimum Gasteiger partial charge on any atom is -0.342 e. The van der Waals surface area contributed by atoms with E-state index < -0.39 is 0 Å². The van der Waals surface area contributed by atoms with Crippen molar-refractivity contribution >= 4 is 5.91 Å². The summed E-state index contributed by atoms with van der Waals surface area (Å²) in [6.45, 7) is 3.90. The first kappa shape index (κ1) is 12.5. The molecule has 1 aliphatic heterocycles. The highest BCUT2D eigenvalue weighted by Crippen LogP contribution is 2.49. The third-order valence-electron chi connectivity index (χ3n) is 5.64. The standard InChI is InChI=1S/C15H26N2O/c1-10(16)13-4-5-17(9-13)15(18)8-14-7-11-2-3-12(14)6-11/h10-14H,2-9,16H2,1H3. The molecule has 2 aliphatic carbocycles. The molecule has 0 radical (unpaired) electrons. The van der Waals surface area contributed by atoms with Crippen molar-refractivity contribution in [3.63, 3.8) is 0 Å². The molecule has 18 heavy (non-hydrogen) atoms. The molecule has 3 nitrogen and oxygen atoms in total. The summed E-state index contributed by atoms with van der Waals surface area (Å²) < 4.78 is 0. The average Bonchev–Trinajstić information content (AvgIpc) is 3.04. The van der Waals surface area contributed by atoms with Gasteiger partial charge in [0, 0.05) is 25.6 Å². The third-order valence-corrected chi connectivity index (χ3v) is 5.64. The molecule has 2 N–H and O–H groups in total. The number of carbonyl (C=O) groups is 1. The molecule has 0 aromatic carbocycles. The maximum absolute atomic E-state index is 12.3. The van der Waals surface area contributed by atoms with Gasteiger partial charge in [0.2, 0.25) is 5.91 Å². The Morgan fingerprint density at radius 2 is 2.17 bits per heavy atom. The lowest BCUT2D eigenvalue weighted by atomic mass is 9.86. The molecule has 1 saturated heterocycles. The first-order valence-electron chi connectivity index (χ1n) is 7.67. The second-order valence-electron chi connectivity index (χ2n) is 6.89. The molecule has 1 heterocycles. The van der Waals surface area contributed by atoms with Crippen LogP contribution < -0.4 is 5.73 Å². The highest BCUT2D eigenvalue weighted by atomic mass is 16.2. The zero-order valence-corrected chi connectivity index (χ0v) is 11.5. The summed E-state index contributed by atoms with van der Waals surface area (Å²) in [5, 5.41) is 0. The monoisotopic (exact) mass is 250 g/mol. The van der Waals surface area contributed by atoms with Crippen molar-refractivity contribution in [2.45, 2.75) is 51.5 Å². The summed E-state index contributed by atoms with van der Waals surface area (Å²) >= 11 is 0. The molecule has 0 aromatic rings. The predicted molar refractivity (Wildman–Crippen MR) is 71.9 cm³/mol. The Balaban J connectivity index is 1.50. The van der Waals surface area contributed by atoms with E-state index in [2.05, 4.69) is 11.8 Å². The number of carbonyl (C=O) groups excluding carboxylic acids is 1. The van der Waals surface area contributed by atoms with Crippen molar-refractivity contribution in [1.29, 1.82) is 0 Å². The number of fused-ring (bicyclic) bond motifs is 2. The first-order chi connectivity index (χ1) is 8.63. The van der Waals surface area contributed by atoms with Gasteiger partial charge in [-0.25, -0.2) is 0 Å². The lowest BCUT2D eigenvalue weighted by molar-refractivity contribution is -0.131. The Morgan fingerprint density at radius 1 is 1.33 bits per heavy atom. The zero-order chi connectivity index (χ0) is 12.7. The molecule has 5 unspecified atom stereocenters. The van der Waals surface area contributed by atoms with Crippen LogP contribution in [0.1, 0.15) is 45.4 Å². The summed E-state index contributed by atoms with van der Waals surface area (Å²) in [4.78, 5) is 14.4. The number of hydrogen-bond donors (Lipinski definition) is 1. The van der Waals surface area contributed by atoms with Crippen LogP contribution in [0.4, 0.5) is 0 Å². The summed E-state index contributed by atoms with van der Waals surface area (Å²) in [5.74, 6) is 3.43. The van der Waals surface area contributed by atoms with E-state index in [-0.39, 0.29) is 6.04 Å². The predicted octanol–water partition coefficient (Wildman–Crippen LogP) is 2.01. The Bertz CT molecular complexity index is 328. The summed E-state index contributed by atoms with van der Waals surface area (Å²) in [5.41, 5.74) is 5.94. The fourth-order valence-electron chi connectivity index (χ4n) is 4.42. The lowest BCUT2D eigenvalue weighted by Gasteiger charge is -2.24. The highest BCUT2D eigenvalue weighted by Gasteiger charge is 2.41. The van der Waals surface area contributed by atoms with E-state index in [0.29, 0.717) is 17.7 Å². The Labute approximate surface area is 110 Å². The molecule has 2 bridgehead atoms. The van der Waals surface area contributed by atoms with Gasteiger partial charge in [0.15, 0.2) is 0 Å². The van der Waals surface area contributed by atoms with E-state index in [9.17, 15) is 4.79 Å². The van der Waals surface area contributed by atoms with Crippen molar-refractivity contribution < 1.29 is 4.79 Å². The number of hydrogen-bond acceptors (Lipinski definition) is 2. The average molecular weight is 250 g/mol. The van der Waals surface area contributed by atoms with Crippen LogP contribution in [-0.4, -0.2) is 29.9 Å². The van der Waals surface area contributed by atoms with Gasteiger partial charge in [0.1, 0.15) is 0 Å². The number of amides is 1. The van der Waals surface area contributed by atoms with Crippen LogP contribution in [0, 0.1) is 23.7 Å². The van der Waals surface area contributed by atoms with E-state index in [1.54, 1.807) is 0 Å². The number of nitrogens with two attached hydrogens (primary N) is 1. The molecule has 3 fully saturated rings. The van der Waals surface area contributed by atoms with Crippen molar-refractivity contribution in [3.05, 3.63) is 0 Å². The van der Waals surface area contributed by atoms with Crippen LogP contribution in [0.2, 0.25) is 0 Å². The number of rotatable bonds is 3. The first-order valence-corrected chi connectivity index (χ1v) is 7.67. The molecule has 0 aromatic heterocycles. The maximum atomic E-state index is 12.3. The van der Waals surface area contributed by atoms with Gasteiger partial charge in [0.05, 0.1) is 0 Å². The molecule has 5 atom stereocenters. The van der Waals surface area contributed by atoms with Crippen LogP contribution in [-0.2, 0) is 4.79 Å². The fourth-order valence-corrected chi connectivity index (χ4v) is 4.42. The number of likely N-dealkylation sites (tertiary alicyclic amines) is 1. The molecular formula is C15H26N2O. The second-order valence-corrected chi connectivity index (χ2v) is 6.89. The van der Waals surface area contributed by atoms with E-state index in [4.69, 9.17) is 5.73 Å². The topological polar surface area (TPSA) is 46.3 Å². The van der Waals surface area contributed by atoms with Crippen LogP contribution >= 0.6 is 0 Å². The summed E-state index contributed by atoms with van der Waals surface area (Å²) in [6.07, 6.45) is 7.44. The SMILES string of the molecule is CC(N)C1CCN(C(=O)CC2CC3CCC2C3)C1. The second kappa shape index (κ2) is 4.84. The highest BCUT2D eigenvalue weighted by molar-refractivity contribution is 5.76. The Kier molecular flexibility index (Phi) is 3.35. The zero-order valence-electron chi connectivity index (χ0n) is 11.5. The van der Waals surface area contributed by atoms with Gasteiger partial charge >= 0.3 is 0 Å². The molecule has 3 aliphatic rings. The quantitative estimate of drug-likeness (QED) is 0.833. The molecule has 3 heteroatoms. The minimum atomic E-state index is 0.227. The third kappa shape index (κ3) is 2.29. The van der Waals surface area contributed by atoms with Gasteiger partial charge in [-0.3, -0.25) is 4.79 Å². The van der Waals surface area contributed by atoms with Crippen molar-refractivity contribution in [2.75, 3.05) is 13.1 Å². The van der Waals surface area contributed by atoms with Crippen LogP contribution in [0.15, 0.2) is 0 Å². The van der Waals surface area contributed by atoms with Crippen molar-refractivity contribution in [3.8, 4) is 0 Å². The largest absolute Gasteiger partial charge is 0.342 e. The van der Waals surface area contributed by atoms with Crippen LogP contribution in [0.3, 0.4) is 0 Å². The summed E-state index contributed by atoms with van der Waals surface area (Å²) in [6, 6.07) is 0.227. The molecule has 2 saturated carbocycles. The van der Waals surface area contributed by atoms with Crippen molar-refractivity contribution in [2.24, 2.45) is 29.4 Å². The van der Waals surface area contributed by atoms with Crippen LogP contribution in [0.25, 0.3) is 0 Å². The van der Waals surface area contributed by atoms with E-state index in [1.807, 2.05) is 0 Å². The van der Waals surface area contributed by atoms with Gasteiger partial charge < -0.3 is 10.6 Å². The van der Waals surface area contributed by atoms with Gasteiger partial charge in [-0.15, -0.1) is 0 Å². The van der Waals surface area contributed by atoms with E-state index in [0.717, 1.165) is 37.8 Å². The Hall–Kier alpha value is -0.570. The molecule has 3 rings (SSSR count).